The van der Waals surface area contributed by atoms with Crippen LogP contribution in [0.15, 0.2) is 119 Å². The minimum Gasteiger partial charge on any atom is -1.00 e. The Bertz CT molecular complexity index is 1550. The summed E-state index contributed by atoms with van der Waals surface area (Å²) in [7, 11) is 0. The van der Waals surface area contributed by atoms with Crippen LogP contribution in [0.25, 0.3) is 0 Å². The van der Waals surface area contributed by atoms with Crippen LogP contribution in [0.4, 0.5) is 11.4 Å². The molecule has 0 radical (unpaired) electrons. The van der Waals surface area contributed by atoms with Crippen molar-refractivity contribution in [3.05, 3.63) is 131 Å². The molecule has 2 aromatic carbocycles. The topological polar surface area (TPSA) is 6.48 Å². The van der Waals surface area contributed by atoms with E-state index in [-0.39, 0.29) is 46.5 Å². The van der Waals surface area contributed by atoms with Crippen LogP contribution < -0.4 is 34.6 Å². The molecule has 50 heavy (non-hydrogen) atoms. The van der Waals surface area contributed by atoms with Gasteiger partial charge in [0.15, 0.2) is 0 Å². The third kappa shape index (κ3) is 10.5. The normalized spacial score (nSPS) is 19.4. The van der Waals surface area contributed by atoms with Gasteiger partial charge >= 0.3 is 41.3 Å². The number of para-hydroxylation sites is 2. The van der Waals surface area contributed by atoms with E-state index in [0.717, 1.165) is 0 Å². The molecule has 0 aromatic heterocycles. The maximum absolute atomic E-state index is 3.70. The predicted molar refractivity (Wildman–Crippen MR) is 205 cm³/mol. The summed E-state index contributed by atoms with van der Waals surface area (Å²) in [4.78, 5) is 4.85. The van der Waals surface area contributed by atoms with Crippen molar-refractivity contribution in [3.8, 4) is 0 Å². The molecule has 2 nitrogen and oxygen atoms in total. The molecule has 2 unspecified atom stereocenters. The molecule has 0 spiro atoms. The van der Waals surface area contributed by atoms with E-state index < -0.39 is 0 Å². The van der Waals surface area contributed by atoms with E-state index in [1.807, 2.05) is 0 Å². The summed E-state index contributed by atoms with van der Waals surface area (Å²) in [5, 5.41) is 0. The Labute approximate surface area is 332 Å². The summed E-state index contributed by atoms with van der Waals surface area (Å²) in [5.74, 6) is 0.590. The number of hydrogen-bond donors (Lipinski definition) is 0. The Hall–Kier alpha value is -2.19. The van der Waals surface area contributed by atoms with Crippen LogP contribution in [-0.2, 0) is 24.2 Å². The van der Waals surface area contributed by atoms with Gasteiger partial charge in [0.1, 0.15) is 0 Å². The second-order valence-corrected chi connectivity index (χ2v) is 20.1. The average molecular weight is 789 g/mol. The van der Waals surface area contributed by atoms with Crippen molar-refractivity contribution in [3.63, 3.8) is 0 Å². The summed E-state index contributed by atoms with van der Waals surface area (Å²) in [6, 6.07) is 21.4. The fourth-order valence-electron chi connectivity index (χ4n) is 6.21. The Morgan fingerprint density at radius 1 is 0.520 bits per heavy atom. The fourth-order valence-corrected chi connectivity index (χ4v) is 6.21. The third-order valence-corrected chi connectivity index (χ3v) is 8.67. The molecule has 0 fully saturated rings. The summed E-state index contributed by atoms with van der Waals surface area (Å²) in [5.41, 5.74) is 11.1. The molecule has 5 heteroatoms. The van der Waals surface area contributed by atoms with Gasteiger partial charge in [-0.15, -0.1) is 0 Å². The van der Waals surface area contributed by atoms with E-state index in [4.69, 9.17) is 0 Å². The maximum Gasteiger partial charge on any atom is -1.00 e. The van der Waals surface area contributed by atoms with Crippen molar-refractivity contribution in [2.45, 2.75) is 96.9 Å². The van der Waals surface area contributed by atoms with Crippen molar-refractivity contribution in [1.82, 2.24) is 0 Å². The average Bonchev–Trinajstić information content (AvgIpc) is 3.71. The van der Waals surface area contributed by atoms with Gasteiger partial charge in [0.25, 0.3) is 0 Å². The molecule has 2 aromatic rings. The van der Waals surface area contributed by atoms with Gasteiger partial charge in [-0.2, -0.15) is 12.2 Å². The van der Waals surface area contributed by atoms with Crippen LogP contribution in [-0.4, -0.2) is 3.21 Å². The smallest absolute Gasteiger partial charge is 1.00 e. The Kier molecular flexibility index (Phi) is 14.6. The number of anilines is 2. The van der Waals surface area contributed by atoms with Gasteiger partial charge in [-0.3, -0.25) is 12.2 Å². The van der Waals surface area contributed by atoms with Crippen LogP contribution in [0, 0.1) is 45.6 Å². The molecule has 2 aliphatic heterocycles. The number of nitrogens with zero attached hydrogens (tertiary/aromatic N) is 2. The molecule has 268 valence electrons. The van der Waals surface area contributed by atoms with Gasteiger partial charge in [0, 0.05) is 33.6 Å². The SMILES string of the molecule is CC(C)(C)C1=[C-]C2C=C(C(C)(C)C)N(c3ccccc3)C2=C1.CC(C)(C)C1=[C-]C2C=C(C(C)(C)C)N(c3ccccc3)C2=C1.C[C](C)=[Zr+2].[Cl-].[Cl-]. The Morgan fingerprint density at radius 2 is 0.800 bits per heavy atom. The second-order valence-electron chi connectivity index (χ2n) is 17.7. The monoisotopic (exact) mass is 786 g/mol. The van der Waals surface area contributed by atoms with Gasteiger partial charge in [-0.05, 0) is 35.1 Å². The van der Waals surface area contributed by atoms with Crippen molar-refractivity contribution in [2.75, 3.05) is 9.80 Å². The van der Waals surface area contributed by atoms with Gasteiger partial charge in [-0.1, -0.05) is 155 Å². The van der Waals surface area contributed by atoms with Gasteiger partial charge < -0.3 is 34.6 Å². The zero-order chi connectivity index (χ0) is 35.8. The van der Waals surface area contributed by atoms with Crippen LogP contribution in [0.1, 0.15) is 96.9 Å². The van der Waals surface area contributed by atoms with Crippen molar-refractivity contribution >= 4 is 14.6 Å². The van der Waals surface area contributed by atoms with Crippen molar-refractivity contribution in [1.29, 1.82) is 0 Å². The molecule has 2 heterocycles. The molecule has 4 aliphatic rings. The van der Waals surface area contributed by atoms with Crippen LogP contribution in [0.5, 0.6) is 0 Å². The third-order valence-electron chi connectivity index (χ3n) is 8.67. The van der Waals surface area contributed by atoms with Gasteiger partial charge in [0.05, 0.1) is 0 Å². The molecule has 0 saturated heterocycles. The predicted octanol–water partition coefficient (Wildman–Crippen LogP) is 6.21. The van der Waals surface area contributed by atoms with E-state index in [9.17, 15) is 0 Å². The minimum absolute atomic E-state index is 0. The number of allylic oxidation sites excluding steroid dienone is 8. The molecule has 0 bridgehead atoms. The standard InChI is InChI=1S/2C21H26N.C3H6.2ClH.Zr/c2*1-20(2,3)16-12-15-13-19(21(4,5)6)22(18(15)14-16)17-10-8-7-9-11-17;1-3-2;;;/h2*7-11,13-15H,1-6H3;1-2H3;2*1H;/q2*-1;;;;+2/p-2. The van der Waals surface area contributed by atoms with Gasteiger partial charge in [0.2, 0.25) is 0 Å². The molecular weight excluding hydrogens is 731 g/mol. The quantitative estimate of drug-likeness (QED) is 0.335. The van der Waals surface area contributed by atoms with Crippen molar-refractivity contribution < 1.29 is 49.0 Å². The Balaban J connectivity index is 0.000000303. The van der Waals surface area contributed by atoms with E-state index in [1.54, 1.807) is 24.2 Å². The number of benzene rings is 2. The molecule has 2 aliphatic carbocycles. The molecule has 0 saturated carbocycles. The van der Waals surface area contributed by atoms with Crippen molar-refractivity contribution in [2.24, 2.45) is 33.5 Å². The van der Waals surface area contributed by atoms with Crippen LogP contribution >= 0.6 is 0 Å². The van der Waals surface area contributed by atoms with Crippen LogP contribution in [0.2, 0.25) is 0 Å². The minimum atomic E-state index is 0. The number of hydrogen-bond acceptors (Lipinski definition) is 2. The van der Waals surface area contributed by atoms with E-state index in [2.05, 4.69) is 204 Å². The summed E-state index contributed by atoms with van der Waals surface area (Å²) < 4.78 is 1.51. The zero-order valence-corrected chi connectivity index (χ0v) is 36.9. The Morgan fingerprint density at radius 3 is 1.04 bits per heavy atom. The summed E-state index contributed by atoms with van der Waals surface area (Å²) in [6.45, 7) is 31.5. The first-order valence-electron chi connectivity index (χ1n) is 17.5. The van der Waals surface area contributed by atoms with E-state index in [0.29, 0.717) is 11.8 Å². The largest absolute Gasteiger partial charge is 1.00 e. The molecule has 6 rings (SSSR count). The molecular formula is C45H58Cl2N2Zr-2. The number of fused-ring (bicyclic) bond motifs is 2. The second kappa shape index (κ2) is 16.7. The maximum atomic E-state index is 3.70. The molecule has 0 amide bonds. The molecule has 0 N–H and O–H groups in total. The van der Waals surface area contributed by atoms with Crippen LogP contribution in [0.3, 0.4) is 0 Å². The first-order chi connectivity index (χ1) is 22.1. The first-order valence-corrected chi connectivity index (χ1v) is 18.7. The first kappa shape index (κ1) is 44.0. The number of halogens is 2. The summed E-state index contributed by atoms with van der Waals surface area (Å²) in [6.07, 6.45) is 16.9. The van der Waals surface area contributed by atoms with E-state index in [1.165, 1.54) is 48.5 Å². The van der Waals surface area contributed by atoms with Gasteiger partial charge in [-0.25, -0.2) is 11.1 Å². The fraction of sp³-hybridized carbons (Fsp3) is 0.444. The summed E-state index contributed by atoms with van der Waals surface area (Å²) >= 11 is 1.55. The zero-order valence-electron chi connectivity index (χ0n) is 32.9. The van der Waals surface area contributed by atoms with E-state index >= 15 is 0 Å². The number of rotatable bonds is 2. The molecule has 2 atom stereocenters.